The summed E-state index contributed by atoms with van der Waals surface area (Å²) < 4.78 is 5.49. The Morgan fingerprint density at radius 3 is 2.71 bits per heavy atom. The van der Waals surface area contributed by atoms with Gasteiger partial charge in [-0.15, -0.1) is 0 Å². The standard InChI is InChI=1S/C12H22N4O/c1-2-3-4-5-6-7-8-17-12-10-14-9-11(15-12)16-13/h9-10H,2-8,13H2,1H3,(H,15,16). The maximum Gasteiger partial charge on any atom is 0.234 e. The fourth-order valence-electron chi connectivity index (χ4n) is 1.55. The van der Waals surface area contributed by atoms with Gasteiger partial charge in [0.2, 0.25) is 5.88 Å². The molecule has 0 spiro atoms. The van der Waals surface area contributed by atoms with Crippen molar-refractivity contribution in [2.45, 2.75) is 45.4 Å². The molecule has 0 unspecified atom stereocenters. The fraction of sp³-hybridized carbons (Fsp3) is 0.667. The van der Waals surface area contributed by atoms with Gasteiger partial charge in [-0.2, -0.15) is 4.98 Å². The fourth-order valence-corrected chi connectivity index (χ4v) is 1.55. The van der Waals surface area contributed by atoms with Crippen LogP contribution < -0.4 is 16.0 Å². The summed E-state index contributed by atoms with van der Waals surface area (Å²) in [6, 6.07) is 0. The lowest BCUT2D eigenvalue weighted by Gasteiger charge is -2.06. The number of hydrogen-bond acceptors (Lipinski definition) is 5. The van der Waals surface area contributed by atoms with Gasteiger partial charge in [0.05, 0.1) is 19.0 Å². The Bertz CT molecular complexity index is 306. The first kappa shape index (κ1) is 13.7. The summed E-state index contributed by atoms with van der Waals surface area (Å²) in [5.41, 5.74) is 2.44. The van der Waals surface area contributed by atoms with Gasteiger partial charge in [-0.25, -0.2) is 5.84 Å². The second kappa shape index (κ2) is 8.75. The highest BCUT2D eigenvalue weighted by Crippen LogP contribution is 2.09. The molecule has 0 atom stereocenters. The molecular formula is C12H22N4O. The van der Waals surface area contributed by atoms with Crippen molar-refractivity contribution in [1.29, 1.82) is 0 Å². The first-order valence-electron chi connectivity index (χ1n) is 6.28. The third-order valence-corrected chi connectivity index (χ3v) is 2.51. The van der Waals surface area contributed by atoms with E-state index in [0.29, 0.717) is 18.3 Å². The van der Waals surface area contributed by atoms with Crippen LogP contribution in [0.2, 0.25) is 0 Å². The highest BCUT2D eigenvalue weighted by atomic mass is 16.5. The number of rotatable bonds is 9. The number of anilines is 1. The zero-order valence-corrected chi connectivity index (χ0v) is 10.5. The molecule has 0 radical (unpaired) electrons. The molecule has 0 aromatic carbocycles. The van der Waals surface area contributed by atoms with Gasteiger partial charge in [0.1, 0.15) is 0 Å². The van der Waals surface area contributed by atoms with Gasteiger partial charge in [0.15, 0.2) is 5.82 Å². The van der Waals surface area contributed by atoms with Crippen molar-refractivity contribution in [2.75, 3.05) is 12.0 Å². The number of ether oxygens (including phenoxy) is 1. The Hall–Kier alpha value is -1.36. The van der Waals surface area contributed by atoms with Gasteiger partial charge in [0.25, 0.3) is 0 Å². The maximum absolute atomic E-state index is 5.49. The van der Waals surface area contributed by atoms with Gasteiger partial charge in [0, 0.05) is 0 Å². The summed E-state index contributed by atoms with van der Waals surface area (Å²) in [5.74, 6) is 6.27. The van der Waals surface area contributed by atoms with Gasteiger partial charge < -0.3 is 10.2 Å². The van der Waals surface area contributed by atoms with E-state index in [1.54, 1.807) is 12.4 Å². The minimum atomic E-state index is 0.519. The van der Waals surface area contributed by atoms with Crippen molar-refractivity contribution in [3.63, 3.8) is 0 Å². The van der Waals surface area contributed by atoms with Crippen LogP contribution in [0.15, 0.2) is 12.4 Å². The molecular weight excluding hydrogens is 216 g/mol. The van der Waals surface area contributed by atoms with Crippen molar-refractivity contribution >= 4 is 5.82 Å². The van der Waals surface area contributed by atoms with Crippen molar-refractivity contribution in [2.24, 2.45) is 5.84 Å². The molecule has 1 aromatic rings. The predicted molar refractivity (Wildman–Crippen MR) is 68.7 cm³/mol. The highest BCUT2D eigenvalue weighted by molar-refractivity contribution is 5.31. The van der Waals surface area contributed by atoms with E-state index in [4.69, 9.17) is 10.6 Å². The van der Waals surface area contributed by atoms with E-state index >= 15 is 0 Å². The zero-order valence-electron chi connectivity index (χ0n) is 10.5. The summed E-state index contributed by atoms with van der Waals surface area (Å²) in [6.07, 6.45) is 10.6. The second-order valence-corrected chi connectivity index (χ2v) is 4.00. The summed E-state index contributed by atoms with van der Waals surface area (Å²) in [7, 11) is 0. The number of nitrogens with two attached hydrogens (primary N) is 1. The lowest BCUT2D eigenvalue weighted by atomic mass is 10.1. The van der Waals surface area contributed by atoms with E-state index in [0.717, 1.165) is 6.42 Å². The Labute approximate surface area is 103 Å². The molecule has 96 valence electrons. The minimum absolute atomic E-state index is 0.519. The molecule has 17 heavy (non-hydrogen) atoms. The molecule has 0 bridgehead atoms. The average Bonchev–Trinajstić information content (AvgIpc) is 2.38. The van der Waals surface area contributed by atoms with E-state index in [1.807, 2.05) is 0 Å². The van der Waals surface area contributed by atoms with Crippen LogP contribution in [0.25, 0.3) is 0 Å². The van der Waals surface area contributed by atoms with Crippen molar-refractivity contribution < 1.29 is 4.74 Å². The van der Waals surface area contributed by atoms with Crippen molar-refractivity contribution in [3.8, 4) is 5.88 Å². The second-order valence-electron chi connectivity index (χ2n) is 4.00. The number of aromatic nitrogens is 2. The third-order valence-electron chi connectivity index (χ3n) is 2.51. The number of unbranched alkanes of at least 4 members (excludes halogenated alkanes) is 5. The first-order valence-corrected chi connectivity index (χ1v) is 6.28. The Kier molecular flexibility index (Phi) is 7.06. The molecule has 1 heterocycles. The van der Waals surface area contributed by atoms with Gasteiger partial charge >= 0.3 is 0 Å². The van der Waals surface area contributed by atoms with Gasteiger partial charge in [-0.1, -0.05) is 39.0 Å². The van der Waals surface area contributed by atoms with Gasteiger partial charge in [-0.05, 0) is 6.42 Å². The van der Waals surface area contributed by atoms with Crippen LogP contribution in [0.5, 0.6) is 5.88 Å². The number of nitrogen functional groups attached to an aromatic ring is 1. The number of hydrazine groups is 1. The van der Waals surface area contributed by atoms with E-state index in [2.05, 4.69) is 22.3 Å². The number of nitrogens with zero attached hydrogens (tertiary/aromatic N) is 2. The summed E-state index contributed by atoms with van der Waals surface area (Å²) in [5, 5.41) is 0. The van der Waals surface area contributed by atoms with E-state index in [-0.39, 0.29) is 0 Å². The first-order chi connectivity index (χ1) is 8.36. The van der Waals surface area contributed by atoms with Crippen LogP contribution in [-0.2, 0) is 0 Å². The minimum Gasteiger partial charge on any atom is -0.477 e. The SMILES string of the molecule is CCCCCCCCOc1cncc(NN)n1. The molecule has 0 aliphatic carbocycles. The maximum atomic E-state index is 5.49. The monoisotopic (exact) mass is 238 g/mol. The normalized spacial score (nSPS) is 10.2. The average molecular weight is 238 g/mol. The predicted octanol–water partition coefficient (Wildman–Crippen LogP) is 2.50. The topological polar surface area (TPSA) is 73.1 Å². The Balaban J connectivity index is 2.09. The molecule has 0 amide bonds. The third kappa shape index (κ3) is 6.06. The molecule has 0 saturated heterocycles. The lowest BCUT2D eigenvalue weighted by molar-refractivity contribution is 0.292. The molecule has 0 fully saturated rings. The summed E-state index contributed by atoms with van der Waals surface area (Å²) in [6.45, 7) is 2.91. The summed E-state index contributed by atoms with van der Waals surface area (Å²) >= 11 is 0. The largest absolute Gasteiger partial charge is 0.477 e. The lowest BCUT2D eigenvalue weighted by Crippen LogP contribution is -2.09. The van der Waals surface area contributed by atoms with E-state index < -0.39 is 0 Å². The van der Waals surface area contributed by atoms with Gasteiger partial charge in [-0.3, -0.25) is 4.98 Å². The van der Waals surface area contributed by atoms with Crippen LogP contribution in [0.1, 0.15) is 45.4 Å². The molecule has 3 N–H and O–H groups in total. The van der Waals surface area contributed by atoms with Crippen molar-refractivity contribution in [3.05, 3.63) is 12.4 Å². The number of nitrogens with one attached hydrogen (secondary N) is 1. The molecule has 5 nitrogen and oxygen atoms in total. The van der Waals surface area contributed by atoms with Crippen LogP contribution in [-0.4, -0.2) is 16.6 Å². The number of hydrogen-bond donors (Lipinski definition) is 2. The van der Waals surface area contributed by atoms with E-state index in [1.165, 1.54) is 32.1 Å². The molecule has 0 saturated carbocycles. The van der Waals surface area contributed by atoms with Crippen LogP contribution in [0.4, 0.5) is 5.82 Å². The Morgan fingerprint density at radius 1 is 1.18 bits per heavy atom. The van der Waals surface area contributed by atoms with Crippen LogP contribution in [0, 0.1) is 0 Å². The smallest absolute Gasteiger partial charge is 0.234 e. The van der Waals surface area contributed by atoms with Crippen molar-refractivity contribution in [1.82, 2.24) is 9.97 Å². The molecule has 0 aliphatic heterocycles. The summed E-state index contributed by atoms with van der Waals surface area (Å²) in [4.78, 5) is 8.08. The highest BCUT2D eigenvalue weighted by Gasteiger charge is 1.98. The quantitative estimate of drug-likeness (QED) is 0.393. The van der Waals surface area contributed by atoms with Crippen LogP contribution in [0.3, 0.4) is 0 Å². The van der Waals surface area contributed by atoms with Crippen LogP contribution >= 0.6 is 0 Å². The molecule has 0 aliphatic rings. The molecule has 1 aromatic heterocycles. The van der Waals surface area contributed by atoms with E-state index in [9.17, 15) is 0 Å². The Morgan fingerprint density at radius 2 is 1.94 bits per heavy atom. The molecule has 5 heteroatoms. The molecule has 1 rings (SSSR count). The zero-order chi connectivity index (χ0) is 12.3.